The summed E-state index contributed by atoms with van der Waals surface area (Å²) in [6, 6.07) is 10.9. The van der Waals surface area contributed by atoms with Crippen molar-refractivity contribution in [2.24, 2.45) is 0 Å². The molecule has 0 unspecified atom stereocenters. The fourth-order valence-electron chi connectivity index (χ4n) is 2.61. The van der Waals surface area contributed by atoms with Crippen LogP contribution in [0.15, 0.2) is 48.5 Å². The van der Waals surface area contributed by atoms with E-state index in [1.54, 1.807) is 45.0 Å². The second kappa shape index (κ2) is 9.06. The molecule has 1 atom stereocenters. The maximum Gasteiger partial charge on any atom is 0.573 e. The first kappa shape index (κ1) is 23.1. The Balaban J connectivity index is 2.13. The highest BCUT2D eigenvalue weighted by molar-refractivity contribution is 5.80. The highest BCUT2D eigenvalue weighted by Crippen LogP contribution is 2.27. The number of halogens is 3. The Hall–Kier alpha value is -3.23. The maximum atomic E-state index is 12.3. The van der Waals surface area contributed by atoms with Crippen LogP contribution in [0.5, 0.6) is 5.75 Å². The third-order valence-corrected chi connectivity index (χ3v) is 3.78. The van der Waals surface area contributed by atoms with Gasteiger partial charge in [-0.2, -0.15) is 0 Å². The van der Waals surface area contributed by atoms with E-state index in [-0.39, 0.29) is 12.2 Å². The number of carbonyl (C=O) groups excluding carboxylic acids is 1. The molecule has 0 aromatic heterocycles. The topological polar surface area (TPSA) is 84.9 Å². The first-order chi connectivity index (χ1) is 13.8. The van der Waals surface area contributed by atoms with Crippen molar-refractivity contribution < 1.29 is 37.3 Å². The predicted octanol–water partition coefficient (Wildman–Crippen LogP) is 4.77. The summed E-state index contributed by atoms with van der Waals surface area (Å²) in [4.78, 5) is 23.4. The van der Waals surface area contributed by atoms with Crippen LogP contribution >= 0.6 is 0 Å². The minimum atomic E-state index is -4.77. The average Bonchev–Trinajstić information content (AvgIpc) is 2.59. The number of alkyl halides is 3. The van der Waals surface area contributed by atoms with Crippen LogP contribution in [0.1, 0.15) is 26.3 Å². The SMILES string of the molecule is CC(C)(C)OC(=O)N[C@@H](Cc1cccc(-c2ccc(OC(F)(F)F)cc2)c1)C(=O)O. The lowest BCUT2D eigenvalue weighted by molar-refractivity contribution is -0.274. The molecule has 0 fully saturated rings. The average molecular weight is 425 g/mol. The van der Waals surface area contributed by atoms with Gasteiger partial charge in [0, 0.05) is 6.42 Å². The summed E-state index contributed by atoms with van der Waals surface area (Å²) in [6.45, 7) is 4.99. The molecule has 0 aliphatic rings. The Morgan fingerprint density at radius 1 is 1.03 bits per heavy atom. The van der Waals surface area contributed by atoms with Gasteiger partial charge in [0.25, 0.3) is 0 Å². The van der Waals surface area contributed by atoms with Gasteiger partial charge in [-0.3, -0.25) is 0 Å². The fourth-order valence-corrected chi connectivity index (χ4v) is 2.61. The number of hydrogen-bond acceptors (Lipinski definition) is 4. The van der Waals surface area contributed by atoms with Gasteiger partial charge < -0.3 is 19.9 Å². The van der Waals surface area contributed by atoms with Gasteiger partial charge in [-0.05, 0) is 49.6 Å². The van der Waals surface area contributed by atoms with Crippen LogP contribution in [0.4, 0.5) is 18.0 Å². The summed E-state index contributed by atoms with van der Waals surface area (Å²) in [7, 11) is 0. The zero-order chi connectivity index (χ0) is 22.5. The van der Waals surface area contributed by atoms with E-state index in [9.17, 15) is 27.9 Å². The van der Waals surface area contributed by atoms with E-state index in [1.165, 1.54) is 24.3 Å². The quantitative estimate of drug-likeness (QED) is 0.696. The molecule has 2 aromatic carbocycles. The van der Waals surface area contributed by atoms with E-state index < -0.39 is 30.1 Å². The van der Waals surface area contributed by atoms with Crippen LogP contribution in [0.3, 0.4) is 0 Å². The highest BCUT2D eigenvalue weighted by Gasteiger charge is 2.31. The number of aliphatic carboxylic acids is 1. The van der Waals surface area contributed by atoms with Crippen molar-refractivity contribution in [3.05, 3.63) is 54.1 Å². The van der Waals surface area contributed by atoms with Crippen LogP contribution in [-0.4, -0.2) is 35.2 Å². The van der Waals surface area contributed by atoms with Crippen LogP contribution < -0.4 is 10.1 Å². The summed E-state index contributed by atoms with van der Waals surface area (Å²) in [5, 5.41) is 11.7. The van der Waals surface area contributed by atoms with Gasteiger partial charge in [-0.15, -0.1) is 13.2 Å². The molecule has 0 radical (unpaired) electrons. The van der Waals surface area contributed by atoms with Gasteiger partial charge in [0.1, 0.15) is 17.4 Å². The molecule has 2 rings (SSSR count). The summed E-state index contributed by atoms with van der Waals surface area (Å²) < 4.78 is 45.8. The lowest BCUT2D eigenvalue weighted by atomic mass is 9.99. The molecular weight excluding hydrogens is 403 g/mol. The van der Waals surface area contributed by atoms with Crippen molar-refractivity contribution in [3.8, 4) is 16.9 Å². The molecule has 0 saturated carbocycles. The van der Waals surface area contributed by atoms with E-state index in [2.05, 4.69) is 10.1 Å². The minimum Gasteiger partial charge on any atom is -0.480 e. The molecule has 9 heteroatoms. The summed E-state index contributed by atoms with van der Waals surface area (Å²) >= 11 is 0. The summed E-state index contributed by atoms with van der Waals surface area (Å²) in [5.41, 5.74) is 1.15. The van der Waals surface area contributed by atoms with Crippen LogP contribution in [-0.2, 0) is 16.0 Å². The smallest absolute Gasteiger partial charge is 0.480 e. The number of carboxylic acid groups (broad SMARTS) is 1. The molecule has 2 aromatic rings. The van der Waals surface area contributed by atoms with Crippen molar-refractivity contribution in [1.29, 1.82) is 0 Å². The molecule has 2 N–H and O–H groups in total. The molecule has 0 bridgehead atoms. The van der Waals surface area contributed by atoms with Crippen molar-refractivity contribution in [1.82, 2.24) is 5.32 Å². The first-order valence-electron chi connectivity index (χ1n) is 9.00. The van der Waals surface area contributed by atoms with E-state index in [0.29, 0.717) is 16.7 Å². The molecule has 0 aliphatic heterocycles. The van der Waals surface area contributed by atoms with Crippen molar-refractivity contribution in [2.45, 2.75) is 45.2 Å². The monoisotopic (exact) mass is 425 g/mol. The normalized spacial score (nSPS) is 12.7. The number of benzene rings is 2. The Morgan fingerprint density at radius 2 is 1.67 bits per heavy atom. The van der Waals surface area contributed by atoms with Gasteiger partial charge >= 0.3 is 18.4 Å². The van der Waals surface area contributed by atoms with Gasteiger partial charge in [0.05, 0.1) is 0 Å². The maximum absolute atomic E-state index is 12.3. The van der Waals surface area contributed by atoms with Gasteiger partial charge in [0.15, 0.2) is 0 Å². The Labute approximate surface area is 171 Å². The Bertz CT molecular complexity index is 889. The van der Waals surface area contributed by atoms with E-state index in [0.717, 1.165) is 0 Å². The molecule has 30 heavy (non-hydrogen) atoms. The highest BCUT2D eigenvalue weighted by atomic mass is 19.4. The molecular formula is C21H22F3NO5. The van der Waals surface area contributed by atoms with E-state index >= 15 is 0 Å². The Kier molecular flexibility index (Phi) is 6.96. The third-order valence-electron chi connectivity index (χ3n) is 3.78. The predicted molar refractivity (Wildman–Crippen MR) is 103 cm³/mol. The van der Waals surface area contributed by atoms with Crippen LogP contribution in [0.25, 0.3) is 11.1 Å². The van der Waals surface area contributed by atoms with E-state index in [4.69, 9.17) is 4.74 Å². The molecule has 0 aliphatic carbocycles. The number of carboxylic acids is 1. The fraction of sp³-hybridized carbons (Fsp3) is 0.333. The molecule has 0 spiro atoms. The largest absolute Gasteiger partial charge is 0.573 e. The van der Waals surface area contributed by atoms with Crippen molar-refractivity contribution >= 4 is 12.1 Å². The minimum absolute atomic E-state index is 0.00230. The van der Waals surface area contributed by atoms with Crippen LogP contribution in [0.2, 0.25) is 0 Å². The molecule has 0 heterocycles. The second-order valence-electron chi connectivity index (χ2n) is 7.51. The lowest BCUT2D eigenvalue weighted by Gasteiger charge is -2.22. The number of alkyl carbamates (subject to hydrolysis) is 1. The first-order valence-corrected chi connectivity index (χ1v) is 9.00. The zero-order valence-corrected chi connectivity index (χ0v) is 16.6. The summed E-state index contributed by atoms with van der Waals surface area (Å²) in [6.07, 6.45) is -5.61. The van der Waals surface area contributed by atoms with E-state index in [1.807, 2.05) is 0 Å². The van der Waals surface area contributed by atoms with Gasteiger partial charge in [-0.25, -0.2) is 9.59 Å². The second-order valence-corrected chi connectivity index (χ2v) is 7.51. The van der Waals surface area contributed by atoms with Crippen molar-refractivity contribution in [3.63, 3.8) is 0 Å². The lowest BCUT2D eigenvalue weighted by Crippen LogP contribution is -2.44. The molecule has 1 amide bonds. The number of rotatable bonds is 6. The Morgan fingerprint density at radius 3 is 2.20 bits per heavy atom. The molecule has 6 nitrogen and oxygen atoms in total. The van der Waals surface area contributed by atoms with Gasteiger partial charge in [-0.1, -0.05) is 36.4 Å². The summed E-state index contributed by atoms with van der Waals surface area (Å²) in [5.74, 6) is -1.56. The number of hydrogen-bond donors (Lipinski definition) is 2. The molecule has 162 valence electrons. The van der Waals surface area contributed by atoms with Gasteiger partial charge in [0.2, 0.25) is 0 Å². The van der Waals surface area contributed by atoms with Crippen molar-refractivity contribution in [2.75, 3.05) is 0 Å². The zero-order valence-electron chi connectivity index (χ0n) is 16.6. The standard InChI is InChI=1S/C21H22F3NO5/c1-20(2,3)30-19(28)25-17(18(26)27)12-13-5-4-6-15(11-13)14-7-9-16(10-8-14)29-21(22,23)24/h4-11,17H,12H2,1-3H3,(H,25,28)(H,26,27)/t17-/m0/s1. The third kappa shape index (κ3) is 7.65. The number of amides is 1. The number of ether oxygens (including phenoxy) is 2. The number of carbonyl (C=O) groups is 2. The van der Waals surface area contributed by atoms with Crippen LogP contribution in [0, 0.1) is 0 Å². The number of nitrogens with one attached hydrogen (secondary N) is 1. The molecule has 0 saturated heterocycles.